The number of ether oxygens (including phenoxy) is 1. The number of alkyl halides is 4. The van der Waals surface area contributed by atoms with Gasteiger partial charge in [0, 0.05) is 48.6 Å². The Morgan fingerprint density at radius 1 is 1.10 bits per heavy atom. The number of piperidine rings is 1. The molecule has 0 unspecified atom stereocenters. The number of anilines is 2. The molecule has 2 heterocycles. The van der Waals surface area contributed by atoms with E-state index in [1.165, 1.54) is 18.2 Å². The number of fused-ring (bicyclic) bond motifs is 1. The average molecular weight is 595 g/mol. The topological polar surface area (TPSA) is 75.6 Å². The van der Waals surface area contributed by atoms with Gasteiger partial charge in [0.1, 0.15) is 12.3 Å². The molecule has 0 saturated carbocycles. The highest BCUT2D eigenvalue weighted by Crippen LogP contribution is 2.32. The molecular weight excluding hydrogens is 560 g/mol. The first kappa shape index (κ1) is 30.5. The lowest BCUT2D eigenvalue weighted by Gasteiger charge is -2.35. The van der Waals surface area contributed by atoms with Gasteiger partial charge in [-0.25, -0.2) is 12.8 Å². The predicted octanol–water partition coefficient (Wildman–Crippen LogP) is 5.66. The number of halogens is 4. The highest BCUT2D eigenvalue weighted by Gasteiger charge is 2.30. The number of hydrogen-bond donors (Lipinski definition) is 2. The second-order valence-electron chi connectivity index (χ2n) is 10.4. The third-order valence-corrected chi connectivity index (χ3v) is 8.19. The van der Waals surface area contributed by atoms with Crippen molar-refractivity contribution in [3.8, 4) is 17.6 Å². The van der Waals surface area contributed by atoms with E-state index in [0.717, 1.165) is 42.4 Å². The molecule has 0 spiro atoms. The Morgan fingerprint density at radius 3 is 2.46 bits per heavy atom. The quantitative estimate of drug-likeness (QED) is 0.246. The summed E-state index contributed by atoms with van der Waals surface area (Å²) in [4.78, 5) is 2.37. The highest BCUT2D eigenvalue weighted by atomic mass is 32.2. The van der Waals surface area contributed by atoms with Crippen LogP contribution in [-0.2, 0) is 16.4 Å². The van der Waals surface area contributed by atoms with Crippen molar-refractivity contribution in [2.45, 2.75) is 56.4 Å². The van der Waals surface area contributed by atoms with Crippen molar-refractivity contribution in [3.05, 3.63) is 48.2 Å². The molecule has 0 bridgehead atoms. The molecule has 2 aromatic carbocycles. The second kappa shape index (κ2) is 12.6. The van der Waals surface area contributed by atoms with E-state index in [-0.39, 0.29) is 28.9 Å². The zero-order valence-electron chi connectivity index (χ0n) is 23.2. The fourth-order valence-electron chi connectivity index (χ4n) is 4.98. The van der Waals surface area contributed by atoms with Gasteiger partial charge in [0.25, 0.3) is 0 Å². The molecule has 0 radical (unpaired) electrons. The maximum atomic E-state index is 13.6. The summed E-state index contributed by atoms with van der Waals surface area (Å²) in [6.45, 7) is 3.89. The largest absolute Gasteiger partial charge is 0.461 e. The molecule has 222 valence electrons. The van der Waals surface area contributed by atoms with E-state index >= 15 is 0 Å². The molecule has 1 aromatic heterocycles. The second-order valence-corrected chi connectivity index (χ2v) is 12.4. The molecule has 1 aliphatic heterocycles. The van der Waals surface area contributed by atoms with Gasteiger partial charge in [-0.3, -0.25) is 0 Å². The third-order valence-electron chi connectivity index (χ3n) is 7.08. The van der Waals surface area contributed by atoms with Crippen LogP contribution in [0.5, 0.6) is 5.75 Å². The lowest BCUT2D eigenvalue weighted by Crippen LogP contribution is -2.42. The summed E-state index contributed by atoms with van der Waals surface area (Å²) < 4.78 is 83.3. The molecule has 41 heavy (non-hydrogen) atoms. The smallest absolute Gasteiger partial charge is 0.406 e. The van der Waals surface area contributed by atoms with Crippen molar-refractivity contribution in [2.75, 3.05) is 43.4 Å². The first-order valence-electron chi connectivity index (χ1n) is 13.3. The van der Waals surface area contributed by atoms with Crippen LogP contribution >= 0.6 is 0 Å². The molecule has 2 N–H and O–H groups in total. The Hall–Kier alpha value is -3.43. The van der Waals surface area contributed by atoms with Gasteiger partial charge in [0.2, 0.25) is 6.86 Å². The van der Waals surface area contributed by atoms with Crippen LogP contribution in [0, 0.1) is 11.8 Å². The zero-order valence-corrected chi connectivity index (χ0v) is 24.0. The molecule has 3 aromatic rings. The van der Waals surface area contributed by atoms with Crippen molar-refractivity contribution >= 4 is 32.1 Å². The van der Waals surface area contributed by atoms with Crippen molar-refractivity contribution in [1.29, 1.82) is 0 Å². The van der Waals surface area contributed by atoms with Gasteiger partial charge in [-0.15, -0.1) is 0 Å². The summed E-state index contributed by atoms with van der Waals surface area (Å²) in [7, 11) is -3.53. The van der Waals surface area contributed by atoms with Crippen molar-refractivity contribution in [3.63, 3.8) is 0 Å². The minimum Gasteiger partial charge on any atom is -0.461 e. The number of sulfone groups is 1. The normalized spacial score (nSPS) is 15.1. The van der Waals surface area contributed by atoms with Crippen molar-refractivity contribution in [2.24, 2.45) is 0 Å². The van der Waals surface area contributed by atoms with Gasteiger partial charge in [-0.1, -0.05) is 12.0 Å². The maximum Gasteiger partial charge on any atom is 0.406 e. The number of benzene rings is 2. The van der Waals surface area contributed by atoms with Gasteiger partial charge in [0.15, 0.2) is 9.84 Å². The van der Waals surface area contributed by atoms with E-state index < -0.39 is 29.4 Å². The van der Waals surface area contributed by atoms with Gasteiger partial charge in [-0.05, 0) is 62.9 Å². The first-order chi connectivity index (χ1) is 19.4. The minimum atomic E-state index is -4.45. The Labute approximate surface area is 237 Å². The lowest BCUT2D eigenvalue weighted by atomic mass is 10.0. The summed E-state index contributed by atoms with van der Waals surface area (Å²) in [6, 6.07) is 11.6. The molecule has 0 atom stereocenters. The molecule has 1 aliphatic rings. The Kier molecular flexibility index (Phi) is 9.39. The summed E-state index contributed by atoms with van der Waals surface area (Å²) in [5.74, 6) is 5.65. The molecular formula is C29H34F4N4O3S. The van der Waals surface area contributed by atoms with Crippen LogP contribution < -0.4 is 15.4 Å². The zero-order chi connectivity index (χ0) is 29.8. The van der Waals surface area contributed by atoms with Crippen LogP contribution in [0.3, 0.4) is 0 Å². The highest BCUT2D eigenvalue weighted by molar-refractivity contribution is 7.90. The van der Waals surface area contributed by atoms with E-state index in [9.17, 15) is 26.0 Å². The maximum absolute atomic E-state index is 13.6. The Morgan fingerprint density at radius 2 is 1.83 bits per heavy atom. The van der Waals surface area contributed by atoms with E-state index in [4.69, 9.17) is 4.74 Å². The minimum absolute atomic E-state index is 0.00601. The van der Waals surface area contributed by atoms with E-state index in [0.29, 0.717) is 22.6 Å². The van der Waals surface area contributed by atoms with E-state index in [1.807, 2.05) is 6.07 Å². The van der Waals surface area contributed by atoms with Crippen molar-refractivity contribution < 1.29 is 30.7 Å². The van der Waals surface area contributed by atoms with Crippen LogP contribution in [0.2, 0.25) is 0 Å². The summed E-state index contributed by atoms with van der Waals surface area (Å²) in [5, 5.41) is 7.12. The lowest BCUT2D eigenvalue weighted by molar-refractivity contribution is -0.140. The van der Waals surface area contributed by atoms with Gasteiger partial charge < -0.3 is 24.8 Å². The van der Waals surface area contributed by atoms with Crippen molar-refractivity contribution in [1.82, 2.24) is 9.47 Å². The molecule has 1 saturated heterocycles. The monoisotopic (exact) mass is 594 g/mol. The number of nitrogens with zero attached hydrogens (tertiary/aromatic N) is 2. The van der Waals surface area contributed by atoms with Crippen LogP contribution in [0.25, 0.3) is 10.9 Å². The number of rotatable bonds is 9. The van der Waals surface area contributed by atoms with Crippen LogP contribution in [-0.4, -0.2) is 68.9 Å². The van der Waals surface area contributed by atoms with Crippen LogP contribution in [0.4, 0.5) is 28.9 Å². The molecule has 7 nitrogen and oxygen atoms in total. The van der Waals surface area contributed by atoms with E-state index in [1.54, 1.807) is 18.2 Å². The summed E-state index contributed by atoms with van der Waals surface area (Å²) in [5.41, 5.74) is 1.71. The summed E-state index contributed by atoms with van der Waals surface area (Å²) >= 11 is 0. The number of nitrogens with one attached hydrogen (secondary N) is 2. The average Bonchev–Trinajstić information content (AvgIpc) is 3.24. The molecule has 4 rings (SSSR count). The first-order valence-corrected chi connectivity index (χ1v) is 15.2. The fraction of sp³-hybridized carbons (Fsp3) is 0.448. The summed E-state index contributed by atoms with van der Waals surface area (Å²) in [6.07, 6.45) is -1.55. The number of aromatic nitrogens is 1. The number of likely N-dealkylation sites (tertiary alicyclic amines) is 1. The fourth-order valence-corrected chi connectivity index (χ4v) is 5.61. The van der Waals surface area contributed by atoms with Crippen LogP contribution in [0.15, 0.2) is 47.4 Å². The molecule has 0 aliphatic carbocycles. The molecule has 12 heteroatoms. The Bertz CT molecular complexity index is 1530. The van der Waals surface area contributed by atoms with E-state index in [2.05, 4.69) is 41.2 Å². The van der Waals surface area contributed by atoms with Crippen LogP contribution in [0.1, 0.15) is 32.4 Å². The van der Waals surface area contributed by atoms with Gasteiger partial charge in [0.05, 0.1) is 28.3 Å². The van der Waals surface area contributed by atoms with Gasteiger partial charge >= 0.3 is 6.18 Å². The number of hydrogen-bond acceptors (Lipinski definition) is 6. The standard InChI is InChI=1S/C29H34F4N4O3S/c1-20(2)36-14-11-21(12-15-36)35-25-7-4-8-27-24(25)16-22(37(27)18-29(31,32)33)6-5-13-34-26-10-9-23(41(3,38)39)17-28(26)40-19-30/h4,7-10,16-17,20-21,34-35H,11-15,18-19H2,1-3H3. The molecule has 1 fully saturated rings. The SMILES string of the molecule is CC(C)N1CCC(Nc2cccc3c2cc(C#CCNc2ccc(S(C)(=O)=O)cc2OCF)n3CC(F)(F)F)CC1. The predicted molar refractivity (Wildman–Crippen MR) is 153 cm³/mol. The Balaban J connectivity index is 1.57. The third kappa shape index (κ3) is 7.86. The van der Waals surface area contributed by atoms with Gasteiger partial charge in [-0.2, -0.15) is 13.2 Å². The molecule has 0 amide bonds.